The summed E-state index contributed by atoms with van der Waals surface area (Å²) in [5.74, 6) is 1.81. The zero-order valence-corrected chi connectivity index (χ0v) is 21.1. The molecule has 1 saturated heterocycles. The lowest BCUT2D eigenvalue weighted by molar-refractivity contribution is 0.109. The first kappa shape index (κ1) is 26.0. The zero-order valence-electron chi connectivity index (χ0n) is 18.8. The Morgan fingerprint density at radius 3 is 2.41 bits per heavy atom. The minimum Gasteiger partial charge on any atom is -0.489 e. The number of para-hydroxylation sites is 1. The molecule has 6 nitrogen and oxygen atoms in total. The lowest BCUT2D eigenvalue weighted by atomic mass is 10.2. The second-order valence-electron chi connectivity index (χ2n) is 7.61. The quantitative estimate of drug-likeness (QED) is 0.300. The van der Waals surface area contributed by atoms with Crippen molar-refractivity contribution >= 4 is 29.9 Å². The average Bonchev–Trinajstić information content (AvgIpc) is 2.71. The summed E-state index contributed by atoms with van der Waals surface area (Å²) in [6, 6.07) is 8.59. The standard InChI is InChI=1S/C22H39N5O.HI/c1-6-23-22(24-16-19(4)27-14-12-26(7-2)13-15-27)25-17-20(5)28-21-11-9-8-10-18(21)3;/h8-11,19-20H,6-7,12-17H2,1-5H3,(H2,23,24,25);1H. The van der Waals surface area contributed by atoms with E-state index in [4.69, 9.17) is 9.73 Å². The number of hydrogen-bond acceptors (Lipinski definition) is 4. The first-order valence-electron chi connectivity index (χ1n) is 10.7. The third-order valence-electron chi connectivity index (χ3n) is 5.31. The molecule has 2 N–H and O–H groups in total. The number of ether oxygens (including phenoxy) is 1. The van der Waals surface area contributed by atoms with Crippen LogP contribution in [0.2, 0.25) is 0 Å². The summed E-state index contributed by atoms with van der Waals surface area (Å²) in [5, 5.41) is 6.77. The lowest BCUT2D eigenvalue weighted by Gasteiger charge is -2.37. The molecule has 2 rings (SSSR count). The van der Waals surface area contributed by atoms with Gasteiger partial charge < -0.3 is 20.3 Å². The van der Waals surface area contributed by atoms with Crippen LogP contribution in [0.5, 0.6) is 5.75 Å². The fourth-order valence-electron chi connectivity index (χ4n) is 3.39. The van der Waals surface area contributed by atoms with E-state index in [0.29, 0.717) is 12.6 Å². The number of aryl methyl sites for hydroxylation is 1. The van der Waals surface area contributed by atoms with Crippen LogP contribution in [0.1, 0.15) is 33.3 Å². The number of nitrogens with one attached hydrogen (secondary N) is 2. The predicted octanol–water partition coefficient (Wildman–Crippen LogP) is 2.96. The molecule has 1 heterocycles. The van der Waals surface area contributed by atoms with E-state index in [1.54, 1.807) is 0 Å². The van der Waals surface area contributed by atoms with E-state index in [-0.39, 0.29) is 30.1 Å². The number of halogens is 1. The highest BCUT2D eigenvalue weighted by molar-refractivity contribution is 14.0. The number of nitrogens with zero attached hydrogens (tertiary/aromatic N) is 3. The number of benzene rings is 1. The molecule has 1 fully saturated rings. The maximum Gasteiger partial charge on any atom is 0.191 e. The number of piperazine rings is 1. The van der Waals surface area contributed by atoms with Crippen molar-refractivity contribution in [1.29, 1.82) is 0 Å². The second-order valence-corrected chi connectivity index (χ2v) is 7.61. The van der Waals surface area contributed by atoms with Crippen molar-refractivity contribution in [3.63, 3.8) is 0 Å². The molecule has 0 saturated carbocycles. The van der Waals surface area contributed by atoms with Crippen LogP contribution >= 0.6 is 24.0 Å². The number of aliphatic imine (C=N–C) groups is 1. The van der Waals surface area contributed by atoms with Gasteiger partial charge in [-0.3, -0.25) is 9.89 Å². The number of guanidine groups is 1. The molecule has 1 aliphatic rings. The minimum absolute atomic E-state index is 0. The van der Waals surface area contributed by atoms with Crippen molar-refractivity contribution in [1.82, 2.24) is 20.4 Å². The molecule has 1 aromatic rings. The van der Waals surface area contributed by atoms with E-state index in [0.717, 1.165) is 63.1 Å². The van der Waals surface area contributed by atoms with Gasteiger partial charge in [-0.05, 0) is 45.9 Å². The van der Waals surface area contributed by atoms with Crippen LogP contribution in [-0.2, 0) is 0 Å². The lowest BCUT2D eigenvalue weighted by Crippen LogP contribution is -2.50. The molecule has 2 atom stereocenters. The Labute approximate surface area is 194 Å². The highest BCUT2D eigenvalue weighted by Gasteiger charge is 2.20. The summed E-state index contributed by atoms with van der Waals surface area (Å²) >= 11 is 0. The van der Waals surface area contributed by atoms with E-state index < -0.39 is 0 Å². The van der Waals surface area contributed by atoms with Crippen molar-refractivity contribution in [3.05, 3.63) is 29.8 Å². The van der Waals surface area contributed by atoms with E-state index in [2.05, 4.69) is 61.1 Å². The van der Waals surface area contributed by atoms with Crippen LogP contribution in [0.25, 0.3) is 0 Å². The summed E-state index contributed by atoms with van der Waals surface area (Å²) in [4.78, 5) is 9.86. The Hall–Kier alpha value is -1.06. The van der Waals surface area contributed by atoms with Crippen LogP contribution in [0.15, 0.2) is 29.3 Å². The Morgan fingerprint density at radius 2 is 1.79 bits per heavy atom. The van der Waals surface area contributed by atoms with Gasteiger partial charge in [0.2, 0.25) is 0 Å². The van der Waals surface area contributed by atoms with Gasteiger partial charge >= 0.3 is 0 Å². The second kappa shape index (κ2) is 14.0. The highest BCUT2D eigenvalue weighted by atomic mass is 127. The zero-order chi connectivity index (χ0) is 20.4. The van der Waals surface area contributed by atoms with Crippen LogP contribution in [0.3, 0.4) is 0 Å². The monoisotopic (exact) mass is 517 g/mol. The summed E-state index contributed by atoms with van der Waals surface area (Å²) in [6.45, 7) is 18.9. The normalized spacial score (nSPS) is 17.9. The fourth-order valence-corrected chi connectivity index (χ4v) is 3.39. The molecule has 0 bridgehead atoms. The third kappa shape index (κ3) is 9.09. The van der Waals surface area contributed by atoms with Crippen molar-refractivity contribution in [3.8, 4) is 5.75 Å². The van der Waals surface area contributed by atoms with Gasteiger partial charge in [-0.1, -0.05) is 25.1 Å². The van der Waals surface area contributed by atoms with Crippen LogP contribution in [0, 0.1) is 6.92 Å². The van der Waals surface area contributed by atoms with Gasteiger partial charge in [-0.15, -0.1) is 24.0 Å². The Morgan fingerprint density at radius 1 is 1.10 bits per heavy atom. The van der Waals surface area contributed by atoms with Crippen molar-refractivity contribution in [2.24, 2.45) is 4.99 Å². The fraction of sp³-hybridized carbons (Fsp3) is 0.682. The molecule has 0 radical (unpaired) electrons. The largest absolute Gasteiger partial charge is 0.489 e. The summed E-state index contributed by atoms with van der Waals surface area (Å²) in [6.07, 6.45) is 0.0597. The van der Waals surface area contributed by atoms with Gasteiger partial charge in [-0.25, -0.2) is 0 Å². The molecule has 166 valence electrons. The van der Waals surface area contributed by atoms with E-state index >= 15 is 0 Å². The van der Waals surface area contributed by atoms with Crippen LogP contribution in [-0.4, -0.2) is 80.3 Å². The minimum atomic E-state index is 0. The van der Waals surface area contributed by atoms with Crippen LogP contribution < -0.4 is 15.4 Å². The number of likely N-dealkylation sites (N-methyl/N-ethyl adjacent to an activating group) is 1. The molecule has 0 spiro atoms. The van der Waals surface area contributed by atoms with E-state index in [1.165, 1.54) is 0 Å². The summed E-state index contributed by atoms with van der Waals surface area (Å²) in [5.41, 5.74) is 1.16. The van der Waals surface area contributed by atoms with Crippen LogP contribution in [0.4, 0.5) is 0 Å². The molecule has 0 amide bonds. The Kier molecular flexibility index (Phi) is 12.6. The SMILES string of the molecule is CCNC(=NCC(C)N1CCN(CC)CC1)NCC(C)Oc1ccccc1C.I. The van der Waals surface area contributed by atoms with Crippen molar-refractivity contribution < 1.29 is 4.74 Å². The first-order chi connectivity index (χ1) is 13.5. The molecule has 0 aliphatic carbocycles. The summed E-state index contributed by atoms with van der Waals surface area (Å²) in [7, 11) is 0. The predicted molar refractivity (Wildman–Crippen MR) is 134 cm³/mol. The molecule has 29 heavy (non-hydrogen) atoms. The van der Waals surface area contributed by atoms with Gasteiger partial charge in [0.1, 0.15) is 11.9 Å². The highest BCUT2D eigenvalue weighted by Crippen LogP contribution is 2.17. The molecule has 1 aliphatic heterocycles. The molecule has 0 aromatic heterocycles. The van der Waals surface area contributed by atoms with Gasteiger partial charge in [0.25, 0.3) is 0 Å². The van der Waals surface area contributed by atoms with Gasteiger partial charge in [0.15, 0.2) is 5.96 Å². The summed E-state index contributed by atoms with van der Waals surface area (Å²) < 4.78 is 6.06. The Balaban J connectivity index is 0.00000420. The van der Waals surface area contributed by atoms with Gasteiger partial charge in [-0.2, -0.15) is 0 Å². The Bertz CT molecular complexity index is 605. The smallest absolute Gasteiger partial charge is 0.191 e. The van der Waals surface area contributed by atoms with Gasteiger partial charge in [0.05, 0.1) is 13.1 Å². The van der Waals surface area contributed by atoms with Gasteiger partial charge in [0, 0.05) is 38.8 Å². The number of rotatable bonds is 9. The molecule has 2 unspecified atom stereocenters. The topological polar surface area (TPSA) is 52.1 Å². The first-order valence-corrected chi connectivity index (χ1v) is 10.7. The number of hydrogen-bond donors (Lipinski definition) is 2. The molecule has 7 heteroatoms. The molecule has 1 aromatic carbocycles. The maximum absolute atomic E-state index is 6.06. The van der Waals surface area contributed by atoms with Crippen molar-refractivity contribution in [2.75, 3.05) is 52.4 Å². The molecular formula is C22H40IN5O. The third-order valence-corrected chi connectivity index (χ3v) is 5.31. The van der Waals surface area contributed by atoms with E-state index in [1.807, 2.05) is 18.2 Å². The maximum atomic E-state index is 6.06. The van der Waals surface area contributed by atoms with Crippen molar-refractivity contribution in [2.45, 2.75) is 46.8 Å². The van der Waals surface area contributed by atoms with E-state index in [9.17, 15) is 0 Å². The molecular weight excluding hydrogens is 477 g/mol. The average molecular weight is 518 g/mol.